The molecule has 1 heterocycles. The van der Waals surface area contributed by atoms with Crippen LogP contribution in [0.4, 0.5) is 5.69 Å². The SMILES string of the molecule is CCN(C)C(=O)c1ccccc1N1CCC(NC(=O)C(C)C)CC1. The Labute approximate surface area is 145 Å². The number of nitrogens with one attached hydrogen (secondary N) is 1. The summed E-state index contributed by atoms with van der Waals surface area (Å²) in [6, 6.07) is 8.04. The van der Waals surface area contributed by atoms with Crippen molar-refractivity contribution in [1.82, 2.24) is 10.2 Å². The van der Waals surface area contributed by atoms with E-state index in [4.69, 9.17) is 0 Å². The molecule has 1 aromatic carbocycles. The van der Waals surface area contributed by atoms with E-state index in [1.54, 1.807) is 4.90 Å². The Hall–Kier alpha value is -2.04. The van der Waals surface area contributed by atoms with Gasteiger partial charge in [0.15, 0.2) is 0 Å². The van der Waals surface area contributed by atoms with Crippen LogP contribution in [0.1, 0.15) is 44.0 Å². The van der Waals surface area contributed by atoms with Crippen LogP contribution in [-0.2, 0) is 4.79 Å². The number of rotatable bonds is 5. The zero-order valence-corrected chi connectivity index (χ0v) is 15.2. The van der Waals surface area contributed by atoms with Gasteiger partial charge in [-0.3, -0.25) is 9.59 Å². The van der Waals surface area contributed by atoms with Gasteiger partial charge in [-0.15, -0.1) is 0 Å². The van der Waals surface area contributed by atoms with E-state index in [0.717, 1.165) is 37.2 Å². The first kappa shape index (κ1) is 18.3. The van der Waals surface area contributed by atoms with E-state index in [-0.39, 0.29) is 23.8 Å². The summed E-state index contributed by atoms with van der Waals surface area (Å²) in [5.41, 5.74) is 1.75. The number of carbonyl (C=O) groups excluding carboxylic acids is 2. The fraction of sp³-hybridized carbons (Fsp3) is 0.579. The molecule has 1 fully saturated rings. The molecule has 1 saturated heterocycles. The maximum absolute atomic E-state index is 12.6. The van der Waals surface area contributed by atoms with Gasteiger partial charge in [0, 0.05) is 44.3 Å². The lowest BCUT2D eigenvalue weighted by atomic mass is 10.0. The summed E-state index contributed by atoms with van der Waals surface area (Å²) in [7, 11) is 1.83. The standard InChI is InChI=1S/C19H29N3O2/c1-5-21(4)19(24)16-8-6-7-9-17(16)22-12-10-15(11-13-22)20-18(23)14(2)3/h6-9,14-15H,5,10-13H2,1-4H3,(H,20,23). The summed E-state index contributed by atoms with van der Waals surface area (Å²) in [5.74, 6) is 0.197. The van der Waals surface area contributed by atoms with Crippen LogP contribution in [0, 0.1) is 5.92 Å². The quantitative estimate of drug-likeness (QED) is 0.902. The maximum atomic E-state index is 12.6. The highest BCUT2D eigenvalue weighted by Crippen LogP contribution is 2.25. The van der Waals surface area contributed by atoms with Crippen LogP contribution in [-0.4, -0.2) is 49.4 Å². The van der Waals surface area contributed by atoms with Crippen LogP contribution < -0.4 is 10.2 Å². The Bertz CT molecular complexity index is 578. The van der Waals surface area contributed by atoms with Gasteiger partial charge in [0.25, 0.3) is 5.91 Å². The van der Waals surface area contributed by atoms with Gasteiger partial charge >= 0.3 is 0 Å². The number of hydrogen-bond donors (Lipinski definition) is 1. The van der Waals surface area contributed by atoms with Gasteiger partial charge in [-0.05, 0) is 31.9 Å². The molecule has 0 unspecified atom stereocenters. The molecule has 2 amide bonds. The zero-order chi connectivity index (χ0) is 17.7. The number of para-hydroxylation sites is 1. The number of benzene rings is 1. The number of carbonyl (C=O) groups is 2. The average Bonchev–Trinajstić information content (AvgIpc) is 2.61. The first-order valence-corrected chi connectivity index (χ1v) is 8.83. The Morgan fingerprint density at radius 2 is 1.88 bits per heavy atom. The van der Waals surface area contributed by atoms with E-state index in [9.17, 15) is 9.59 Å². The van der Waals surface area contributed by atoms with E-state index in [2.05, 4.69) is 10.2 Å². The third kappa shape index (κ3) is 4.28. The molecule has 5 nitrogen and oxygen atoms in total. The third-order valence-corrected chi connectivity index (χ3v) is 4.66. The minimum absolute atomic E-state index is 0.0194. The second kappa shape index (κ2) is 8.18. The van der Waals surface area contributed by atoms with E-state index in [1.807, 2.05) is 52.1 Å². The molecule has 5 heteroatoms. The highest BCUT2D eigenvalue weighted by molar-refractivity contribution is 5.99. The second-order valence-corrected chi connectivity index (χ2v) is 6.76. The minimum atomic E-state index is 0.0194. The van der Waals surface area contributed by atoms with Gasteiger partial charge in [-0.2, -0.15) is 0 Å². The van der Waals surface area contributed by atoms with Crippen LogP contribution >= 0.6 is 0 Å². The number of hydrogen-bond acceptors (Lipinski definition) is 3. The summed E-state index contributed by atoms with van der Waals surface area (Å²) >= 11 is 0. The zero-order valence-electron chi connectivity index (χ0n) is 15.2. The van der Waals surface area contributed by atoms with Crippen LogP contribution in [0.3, 0.4) is 0 Å². The van der Waals surface area contributed by atoms with Gasteiger partial charge in [0.05, 0.1) is 5.56 Å². The lowest BCUT2D eigenvalue weighted by molar-refractivity contribution is -0.124. The molecule has 0 aliphatic carbocycles. The van der Waals surface area contributed by atoms with Gasteiger partial charge in [-0.25, -0.2) is 0 Å². The van der Waals surface area contributed by atoms with Crippen LogP contribution in [0.15, 0.2) is 24.3 Å². The predicted octanol–water partition coefficient (Wildman–Crippen LogP) is 2.52. The topological polar surface area (TPSA) is 52.7 Å². The van der Waals surface area contributed by atoms with Crippen LogP contribution in [0.25, 0.3) is 0 Å². The molecule has 132 valence electrons. The number of piperidine rings is 1. The Kier molecular flexibility index (Phi) is 6.23. The summed E-state index contributed by atoms with van der Waals surface area (Å²) in [5, 5.41) is 3.11. The van der Waals surface area contributed by atoms with Crippen molar-refractivity contribution in [2.24, 2.45) is 5.92 Å². The predicted molar refractivity (Wildman–Crippen MR) is 97.3 cm³/mol. The van der Waals surface area contributed by atoms with Gasteiger partial charge in [0.1, 0.15) is 0 Å². The molecule has 0 spiro atoms. The first-order valence-electron chi connectivity index (χ1n) is 8.83. The highest BCUT2D eigenvalue weighted by Gasteiger charge is 2.24. The molecule has 0 radical (unpaired) electrons. The van der Waals surface area contributed by atoms with Crippen molar-refractivity contribution in [3.05, 3.63) is 29.8 Å². The summed E-state index contributed by atoms with van der Waals surface area (Å²) < 4.78 is 0. The molecule has 24 heavy (non-hydrogen) atoms. The lowest BCUT2D eigenvalue weighted by Gasteiger charge is -2.35. The molecule has 0 bridgehead atoms. The molecular weight excluding hydrogens is 302 g/mol. The van der Waals surface area contributed by atoms with E-state index < -0.39 is 0 Å². The fourth-order valence-corrected chi connectivity index (χ4v) is 2.91. The van der Waals surface area contributed by atoms with Crippen molar-refractivity contribution in [3.63, 3.8) is 0 Å². The molecule has 0 aromatic heterocycles. The van der Waals surface area contributed by atoms with E-state index in [1.165, 1.54) is 0 Å². The monoisotopic (exact) mass is 331 g/mol. The third-order valence-electron chi connectivity index (χ3n) is 4.66. The van der Waals surface area contributed by atoms with Crippen molar-refractivity contribution in [2.75, 3.05) is 31.6 Å². The number of amides is 2. The summed E-state index contributed by atoms with van der Waals surface area (Å²) in [6.07, 6.45) is 1.81. The number of anilines is 1. The van der Waals surface area contributed by atoms with Crippen LogP contribution in [0.5, 0.6) is 0 Å². The lowest BCUT2D eigenvalue weighted by Crippen LogP contribution is -2.46. The maximum Gasteiger partial charge on any atom is 0.255 e. The minimum Gasteiger partial charge on any atom is -0.371 e. The van der Waals surface area contributed by atoms with Gasteiger partial charge < -0.3 is 15.1 Å². The normalized spacial score (nSPS) is 15.5. The fourth-order valence-electron chi connectivity index (χ4n) is 2.91. The molecule has 1 aliphatic rings. The van der Waals surface area contributed by atoms with Crippen molar-refractivity contribution >= 4 is 17.5 Å². The van der Waals surface area contributed by atoms with Crippen molar-refractivity contribution < 1.29 is 9.59 Å². The molecule has 0 atom stereocenters. The van der Waals surface area contributed by atoms with Crippen molar-refractivity contribution in [1.29, 1.82) is 0 Å². The van der Waals surface area contributed by atoms with Crippen molar-refractivity contribution in [3.8, 4) is 0 Å². The summed E-state index contributed by atoms with van der Waals surface area (Å²) in [6.45, 7) is 8.19. The Morgan fingerprint density at radius 1 is 1.25 bits per heavy atom. The Balaban J connectivity index is 2.04. The number of nitrogens with zero attached hydrogens (tertiary/aromatic N) is 2. The highest BCUT2D eigenvalue weighted by atomic mass is 16.2. The molecular formula is C19H29N3O2. The second-order valence-electron chi connectivity index (χ2n) is 6.76. The molecule has 1 N–H and O–H groups in total. The van der Waals surface area contributed by atoms with Gasteiger partial charge in [0.2, 0.25) is 5.91 Å². The van der Waals surface area contributed by atoms with E-state index in [0.29, 0.717) is 6.54 Å². The van der Waals surface area contributed by atoms with Gasteiger partial charge in [-0.1, -0.05) is 26.0 Å². The smallest absolute Gasteiger partial charge is 0.255 e. The average molecular weight is 331 g/mol. The largest absolute Gasteiger partial charge is 0.371 e. The Morgan fingerprint density at radius 3 is 2.46 bits per heavy atom. The molecule has 2 rings (SSSR count). The molecule has 0 saturated carbocycles. The molecule has 1 aromatic rings. The van der Waals surface area contributed by atoms with Crippen molar-refractivity contribution in [2.45, 2.75) is 39.7 Å². The van der Waals surface area contributed by atoms with E-state index >= 15 is 0 Å². The molecule has 1 aliphatic heterocycles. The first-order chi connectivity index (χ1) is 11.4. The van der Waals surface area contributed by atoms with Crippen LogP contribution in [0.2, 0.25) is 0 Å². The summed E-state index contributed by atoms with van der Waals surface area (Å²) in [4.78, 5) is 28.4.